The Balaban J connectivity index is 2.99. The van der Waals surface area contributed by atoms with E-state index in [1.54, 1.807) is 0 Å². The summed E-state index contributed by atoms with van der Waals surface area (Å²) in [4.78, 5) is 35.4. The molecule has 0 heterocycles. The van der Waals surface area contributed by atoms with E-state index in [9.17, 15) is 14.4 Å². The van der Waals surface area contributed by atoms with Crippen molar-refractivity contribution in [2.75, 3.05) is 6.61 Å². The van der Waals surface area contributed by atoms with Gasteiger partial charge in [-0.15, -0.1) is 0 Å². The number of hydrogen-bond donors (Lipinski definition) is 1. The number of esters is 2. The largest absolute Gasteiger partial charge is 0.494 e. The van der Waals surface area contributed by atoms with Crippen molar-refractivity contribution < 1.29 is 28.6 Å². The van der Waals surface area contributed by atoms with Crippen molar-refractivity contribution in [1.82, 2.24) is 5.32 Å². The SMILES string of the molecule is CCCCCCOc1ccc(CC(OC(C)=O)C(NC(C)=O)C(OC(C)=O)C(C)C)cc1. The van der Waals surface area contributed by atoms with Crippen molar-refractivity contribution in [3.05, 3.63) is 29.8 Å². The second-order valence-corrected chi connectivity index (χ2v) is 8.45. The predicted molar refractivity (Wildman–Crippen MR) is 123 cm³/mol. The third kappa shape index (κ3) is 10.6. The summed E-state index contributed by atoms with van der Waals surface area (Å²) >= 11 is 0. The number of rotatable bonds is 14. The Kier molecular flexibility index (Phi) is 12.4. The molecular formula is C25H39NO6. The number of ether oxygens (including phenoxy) is 3. The molecule has 1 aromatic carbocycles. The lowest BCUT2D eigenvalue weighted by Gasteiger charge is -2.35. The molecule has 7 nitrogen and oxygen atoms in total. The molecular weight excluding hydrogens is 410 g/mol. The summed E-state index contributed by atoms with van der Waals surface area (Å²) in [7, 11) is 0. The Bertz CT molecular complexity index is 716. The van der Waals surface area contributed by atoms with Gasteiger partial charge in [-0.3, -0.25) is 14.4 Å². The number of amides is 1. The van der Waals surface area contributed by atoms with Crippen LogP contribution in [0.5, 0.6) is 5.75 Å². The van der Waals surface area contributed by atoms with Crippen LogP contribution >= 0.6 is 0 Å². The van der Waals surface area contributed by atoms with Crippen LogP contribution in [-0.2, 0) is 30.3 Å². The minimum Gasteiger partial charge on any atom is -0.494 e. The third-order valence-electron chi connectivity index (χ3n) is 5.03. The molecule has 0 aliphatic carbocycles. The molecule has 3 atom stereocenters. The fourth-order valence-corrected chi connectivity index (χ4v) is 3.57. The van der Waals surface area contributed by atoms with Crippen LogP contribution in [0.3, 0.4) is 0 Å². The van der Waals surface area contributed by atoms with Crippen molar-refractivity contribution >= 4 is 17.8 Å². The predicted octanol–water partition coefficient (Wildman–Crippen LogP) is 4.21. The van der Waals surface area contributed by atoms with Crippen molar-refractivity contribution in [3.63, 3.8) is 0 Å². The number of nitrogens with one attached hydrogen (secondary N) is 1. The Labute approximate surface area is 192 Å². The van der Waals surface area contributed by atoms with Crippen LogP contribution < -0.4 is 10.1 Å². The number of unbranched alkanes of at least 4 members (excludes halogenated alkanes) is 3. The van der Waals surface area contributed by atoms with Gasteiger partial charge in [0.05, 0.1) is 6.61 Å². The monoisotopic (exact) mass is 449 g/mol. The lowest BCUT2D eigenvalue weighted by atomic mass is 9.91. The summed E-state index contributed by atoms with van der Waals surface area (Å²) in [6.07, 6.45) is 3.58. The number of benzene rings is 1. The van der Waals surface area contributed by atoms with Crippen LogP contribution in [0, 0.1) is 5.92 Å². The normalized spacial score (nSPS) is 13.7. The molecule has 0 fully saturated rings. The molecule has 1 amide bonds. The van der Waals surface area contributed by atoms with Gasteiger partial charge >= 0.3 is 11.9 Å². The van der Waals surface area contributed by atoms with E-state index in [0.29, 0.717) is 13.0 Å². The van der Waals surface area contributed by atoms with Gasteiger partial charge < -0.3 is 19.5 Å². The molecule has 0 aliphatic heterocycles. The zero-order chi connectivity index (χ0) is 24.1. The van der Waals surface area contributed by atoms with Gasteiger partial charge in [-0.1, -0.05) is 52.2 Å². The molecule has 0 aromatic heterocycles. The van der Waals surface area contributed by atoms with Crippen LogP contribution in [0.4, 0.5) is 0 Å². The Morgan fingerprint density at radius 1 is 0.906 bits per heavy atom. The summed E-state index contributed by atoms with van der Waals surface area (Å²) < 4.78 is 16.9. The third-order valence-corrected chi connectivity index (χ3v) is 5.03. The molecule has 0 saturated carbocycles. The molecule has 7 heteroatoms. The average Bonchev–Trinajstić information content (AvgIpc) is 2.70. The molecule has 0 bridgehead atoms. The Morgan fingerprint density at radius 3 is 2.03 bits per heavy atom. The molecule has 0 saturated heterocycles. The fourth-order valence-electron chi connectivity index (χ4n) is 3.57. The topological polar surface area (TPSA) is 90.9 Å². The highest BCUT2D eigenvalue weighted by Crippen LogP contribution is 2.22. The van der Waals surface area contributed by atoms with Gasteiger partial charge in [0, 0.05) is 27.2 Å². The second kappa shape index (κ2) is 14.5. The van der Waals surface area contributed by atoms with Crippen LogP contribution in [-0.4, -0.2) is 42.7 Å². The molecule has 3 unspecified atom stereocenters. The van der Waals surface area contributed by atoms with E-state index in [1.807, 2.05) is 38.1 Å². The standard InChI is InChI=1S/C25H39NO6/c1-7-8-9-10-15-30-22-13-11-21(12-14-22)16-23(31-19(5)28)24(26-18(4)27)25(17(2)3)32-20(6)29/h11-14,17,23-25H,7-10,15-16H2,1-6H3,(H,26,27). The number of carbonyl (C=O) groups is 3. The number of carbonyl (C=O) groups excluding carboxylic acids is 3. The lowest BCUT2D eigenvalue weighted by Crippen LogP contribution is -2.55. The van der Waals surface area contributed by atoms with Crippen molar-refractivity contribution in [3.8, 4) is 5.75 Å². The van der Waals surface area contributed by atoms with Crippen molar-refractivity contribution in [2.45, 2.75) is 91.9 Å². The second-order valence-electron chi connectivity index (χ2n) is 8.45. The van der Waals surface area contributed by atoms with Crippen LogP contribution in [0.15, 0.2) is 24.3 Å². The Hall–Kier alpha value is -2.57. The van der Waals surface area contributed by atoms with Gasteiger partial charge in [-0.05, 0) is 30.0 Å². The van der Waals surface area contributed by atoms with E-state index < -0.39 is 30.2 Å². The van der Waals surface area contributed by atoms with Gasteiger partial charge in [0.25, 0.3) is 0 Å². The molecule has 1 rings (SSSR count). The summed E-state index contributed by atoms with van der Waals surface area (Å²) in [6.45, 7) is 10.7. The maximum atomic E-state index is 11.9. The van der Waals surface area contributed by atoms with Gasteiger partial charge in [-0.2, -0.15) is 0 Å². The maximum absolute atomic E-state index is 11.9. The minimum atomic E-state index is -0.705. The fraction of sp³-hybridized carbons (Fsp3) is 0.640. The molecule has 0 spiro atoms. The summed E-state index contributed by atoms with van der Waals surface area (Å²) in [6, 6.07) is 6.92. The van der Waals surface area contributed by atoms with E-state index >= 15 is 0 Å². The molecule has 32 heavy (non-hydrogen) atoms. The highest BCUT2D eigenvalue weighted by atomic mass is 16.6. The maximum Gasteiger partial charge on any atom is 0.302 e. The number of hydrogen-bond acceptors (Lipinski definition) is 6. The van der Waals surface area contributed by atoms with Gasteiger partial charge in [0.2, 0.25) is 5.91 Å². The van der Waals surface area contributed by atoms with Gasteiger partial charge in [0.15, 0.2) is 0 Å². The van der Waals surface area contributed by atoms with E-state index in [2.05, 4.69) is 12.2 Å². The quantitative estimate of drug-likeness (QED) is 0.338. The highest BCUT2D eigenvalue weighted by molar-refractivity contribution is 5.74. The van der Waals surface area contributed by atoms with E-state index in [0.717, 1.165) is 24.2 Å². The van der Waals surface area contributed by atoms with E-state index in [1.165, 1.54) is 33.6 Å². The highest BCUT2D eigenvalue weighted by Gasteiger charge is 2.36. The van der Waals surface area contributed by atoms with Gasteiger partial charge in [-0.25, -0.2) is 0 Å². The first-order chi connectivity index (χ1) is 15.1. The molecule has 0 radical (unpaired) electrons. The summed E-state index contributed by atoms with van der Waals surface area (Å²) in [5.74, 6) is -0.537. The molecule has 1 aromatic rings. The van der Waals surface area contributed by atoms with Crippen LogP contribution in [0.2, 0.25) is 0 Å². The molecule has 0 aliphatic rings. The minimum absolute atomic E-state index is 0.0997. The van der Waals surface area contributed by atoms with Crippen LogP contribution in [0.1, 0.15) is 72.8 Å². The first-order valence-electron chi connectivity index (χ1n) is 11.5. The zero-order valence-corrected chi connectivity index (χ0v) is 20.3. The van der Waals surface area contributed by atoms with E-state index in [-0.39, 0.29) is 11.8 Å². The smallest absolute Gasteiger partial charge is 0.302 e. The summed E-state index contributed by atoms with van der Waals surface area (Å²) in [5.41, 5.74) is 0.912. The van der Waals surface area contributed by atoms with Crippen LogP contribution in [0.25, 0.3) is 0 Å². The Morgan fingerprint density at radius 2 is 1.53 bits per heavy atom. The first-order valence-corrected chi connectivity index (χ1v) is 11.5. The zero-order valence-electron chi connectivity index (χ0n) is 20.3. The average molecular weight is 450 g/mol. The lowest BCUT2D eigenvalue weighted by molar-refractivity contribution is -0.159. The van der Waals surface area contributed by atoms with Crippen molar-refractivity contribution in [1.29, 1.82) is 0 Å². The molecule has 1 N–H and O–H groups in total. The first kappa shape index (κ1) is 27.5. The van der Waals surface area contributed by atoms with E-state index in [4.69, 9.17) is 14.2 Å². The summed E-state index contributed by atoms with van der Waals surface area (Å²) in [5, 5.41) is 2.83. The van der Waals surface area contributed by atoms with Gasteiger partial charge in [0.1, 0.15) is 24.0 Å². The molecule has 180 valence electrons. The van der Waals surface area contributed by atoms with Crippen molar-refractivity contribution in [2.24, 2.45) is 5.92 Å².